The van der Waals surface area contributed by atoms with Gasteiger partial charge < -0.3 is 9.80 Å². The molecule has 0 unspecified atom stereocenters. The highest BCUT2D eigenvalue weighted by molar-refractivity contribution is 6.30. The Balaban J connectivity index is 1.40. The summed E-state index contributed by atoms with van der Waals surface area (Å²) in [6, 6.07) is 14.0. The number of tetrazole rings is 1. The summed E-state index contributed by atoms with van der Waals surface area (Å²) in [4.78, 5) is 4.47. The minimum absolute atomic E-state index is 0.210. The minimum Gasteiger partial charge on any atom is -0.374 e. The number of halogens is 2. The molecule has 0 amide bonds. The lowest BCUT2D eigenvalue weighted by molar-refractivity contribution is 0.351. The molecule has 8 heteroatoms. The van der Waals surface area contributed by atoms with Gasteiger partial charge in [-0.15, -0.1) is 5.10 Å². The fourth-order valence-electron chi connectivity index (χ4n) is 3.02. The molecule has 0 bridgehead atoms. The van der Waals surface area contributed by atoms with Gasteiger partial charge in [0.2, 0.25) is 0 Å². The van der Waals surface area contributed by atoms with Crippen molar-refractivity contribution in [3.63, 3.8) is 0 Å². The second-order valence-electron chi connectivity index (χ2n) is 6.24. The molecular formula is C19H18ClFN6. The zero-order valence-electron chi connectivity index (χ0n) is 14.5. The van der Waals surface area contributed by atoms with E-state index < -0.39 is 0 Å². The van der Waals surface area contributed by atoms with E-state index >= 15 is 0 Å². The van der Waals surface area contributed by atoms with Crippen LogP contribution in [0, 0.1) is 5.82 Å². The average molecular weight is 385 g/mol. The number of aromatic nitrogens is 4. The number of piperazine rings is 1. The van der Waals surface area contributed by atoms with Gasteiger partial charge in [0, 0.05) is 49.2 Å². The predicted molar refractivity (Wildman–Crippen MR) is 103 cm³/mol. The van der Waals surface area contributed by atoms with Crippen molar-refractivity contribution in [3.05, 3.63) is 71.4 Å². The van der Waals surface area contributed by atoms with Gasteiger partial charge in [0.15, 0.2) is 5.82 Å². The van der Waals surface area contributed by atoms with Crippen LogP contribution in [0.4, 0.5) is 10.1 Å². The van der Waals surface area contributed by atoms with Gasteiger partial charge in [-0.3, -0.25) is 0 Å². The predicted octanol–water partition coefficient (Wildman–Crippen LogP) is 3.25. The average Bonchev–Trinajstić information content (AvgIpc) is 3.17. The lowest BCUT2D eigenvalue weighted by Crippen LogP contribution is -2.44. The molecule has 0 spiro atoms. The standard InChI is InChI=1S/C19H18ClFN6/c20-15-1-5-18(6-2-15)27-19(22-23-24-27)9-10-25-11-13-26(14-12-25)17-7-3-16(21)4-8-17/h1-10H,11-14H2. The summed E-state index contributed by atoms with van der Waals surface area (Å²) in [5, 5.41) is 12.6. The van der Waals surface area contributed by atoms with E-state index in [1.807, 2.05) is 36.5 Å². The van der Waals surface area contributed by atoms with Crippen molar-refractivity contribution in [2.75, 3.05) is 31.1 Å². The molecule has 0 atom stereocenters. The van der Waals surface area contributed by atoms with Crippen LogP contribution in [0.1, 0.15) is 5.82 Å². The van der Waals surface area contributed by atoms with Crippen LogP contribution in [-0.4, -0.2) is 51.3 Å². The summed E-state index contributed by atoms with van der Waals surface area (Å²) in [5.74, 6) is 0.442. The van der Waals surface area contributed by atoms with E-state index in [1.165, 1.54) is 12.1 Å². The molecule has 1 aliphatic rings. The van der Waals surface area contributed by atoms with E-state index in [-0.39, 0.29) is 5.82 Å². The van der Waals surface area contributed by atoms with E-state index in [4.69, 9.17) is 11.6 Å². The number of hydrogen-bond donors (Lipinski definition) is 0. The molecule has 0 radical (unpaired) electrons. The maximum absolute atomic E-state index is 13.1. The van der Waals surface area contributed by atoms with Crippen LogP contribution < -0.4 is 4.90 Å². The molecule has 27 heavy (non-hydrogen) atoms. The molecule has 2 heterocycles. The largest absolute Gasteiger partial charge is 0.374 e. The molecule has 1 aliphatic heterocycles. The van der Waals surface area contributed by atoms with Crippen LogP contribution in [0.2, 0.25) is 5.02 Å². The summed E-state index contributed by atoms with van der Waals surface area (Å²) < 4.78 is 14.7. The quantitative estimate of drug-likeness (QED) is 0.691. The van der Waals surface area contributed by atoms with Gasteiger partial charge in [-0.2, -0.15) is 4.68 Å². The van der Waals surface area contributed by atoms with Crippen molar-refractivity contribution in [2.24, 2.45) is 0 Å². The highest BCUT2D eigenvalue weighted by atomic mass is 35.5. The molecule has 1 fully saturated rings. The van der Waals surface area contributed by atoms with Crippen LogP contribution in [-0.2, 0) is 0 Å². The first kappa shape index (κ1) is 17.5. The fraction of sp³-hybridized carbons (Fsp3) is 0.211. The summed E-state index contributed by atoms with van der Waals surface area (Å²) in [7, 11) is 0. The Labute approximate surface area is 161 Å². The van der Waals surface area contributed by atoms with Crippen LogP contribution in [0.25, 0.3) is 11.8 Å². The van der Waals surface area contributed by atoms with E-state index in [2.05, 4.69) is 25.3 Å². The Bertz CT molecular complexity index is 914. The highest BCUT2D eigenvalue weighted by Crippen LogP contribution is 2.18. The zero-order chi connectivity index (χ0) is 18.6. The van der Waals surface area contributed by atoms with Crippen molar-refractivity contribution in [2.45, 2.75) is 0 Å². The summed E-state index contributed by atoms with van der Waals surface area (Å²) in [6.45, 7) is 3.49. The molecule has 0 aliphatic carbocycles. The summed E-state index contributed by atoms with van der Waals surface area (Å²) >= 11 is 5.94. The Kier molecular flexibility index (Phi) is 5.02. The van der Waals surface area contributed by atoms with E-state index in [0.717, 1.165) is 37.6 Å². The Morgan fingerprint density at radius 3 is 2.26 bits per heavy atom. The van der Waals surface area contributed by atoms with E-state index in [9.17, 15) is 4.39 Å². The van der Waals surface area contributed by atoms with Gasteiger partial charge in [-0.05, 0) is 59.0 Å². The van der Waals surface area contributed by atoms with Crippen molar-refractivity contribution in [1.82, 2.24) is 25.1 Å². The Morgan fingerprint density at radius 2 is 1.56 bits per heavy atom. The minimum atomic E-state index is -0.210. The second-order valence-corrected chi connectivity index (χ2v) is 6.68. The zero-order valence-corrected chi connectivity index (χ0v) is 15.3. The third-order valence-corrected chi connectivity index (χ3v) is 4.76. The van der Waals surface area contributed by atoms with E-state index in [0.29, 0.717) is 10.8 Å². The van der Waals surface area contributed by atoms with Crippen LogP contribution in [0.3, 0.4) is 0 Å². The van der Waals surface area contributed by atoms with Crippen LogP contribution in [0.15, 0.2) is 54.7 Å². The smallest absolute Gasteiger partial charge is 0.181 e. The third kappa shape index (κ3) is 4.09. The maximum Gasteiger partial charge on any atom is 0.181 e. The van der Waals surface area contributed by atoms with Crippen molar-refractivity contribution in [3.8, 4) is 5.69 Å². The molecule has 6 nitrogen and oxygen atoms in total. The molecule has 4 rings (SSSR count). The number of anilines is 1. The van der Waals surface area contributed by atoms with Crippen LogP contribution in [0.5, 0.6) is 0 Å². The van der Waals surface area contributed by atoms with Crippen LogP contribution >= 0.6 is 11.6 Å². The van der Waals surface area contributed by atoms with Crippen molar-refractivity contribution >= 4 is 23.4 Å². The molecule has 138 valence electrons. The third-order valence-electron chi connectivity index (χ3n) is 4.51. The summed E-state index contributed by atoms with van der Waals surface area (Å²) in [6.07, 6.45) is 3.92. The lowest BCUT2D eigenvalue weighted by atomic mass is 10.2. The van der Waals surface area contributed by atoms with Gasteiger partial charge in [0.25, 0.3) is 0 Å². The molecular weight excluding hydrogens is 367 g/mol. The van der Waals surface area contributed by atoms with Crippen molar-refractivity contribution in [1.29, 1.82) is 0 Å². The second kappa shape index (κ2) is 7.75. The SMILES string of the molecule is Fc1ccc(N2CCN(C=Cc3nnnn3-c3ccc(Cl)cc3)CC2)cc1. The number of nitrogens with zero attached hydrogens (tertiary/aromatic N) is 6. The molecule has 2 aromatic carbocycles. The first-order valence-corrected chi connectivity index (χ1v) is 9.04. The number of hydrogen-bond acceptors (Lipinski definition) is 5. The van der Waals surface area contributed by atoms with Gasteiger partial charge in [0.05, 0.1) is 5.69 Å². The van der Waals surface area contributed by atoms with Gasteiger partial charge >= 0.3 is 0 Å². The summed E-state index contributed by atoms with van der Waals surface area (Å²) in [5.41, 5.74) is 1.90. The molecule has 1 aromatic heterocycles. The number of benzene rings is 2. The Hall–Kier alpha value is -2.93. The molecule has 0 N–H and O–H groups in total. The first-order chi connectivity index (χ1) is 13.2. The molecule has 1 saturated heterocycles. The lowest BCUT2D eigenvalue weighted by Gasteiger charge is -2.35. The highest BCUT2D eigenvalue weighted by Gasteiger charge is 2.15. The fourth-order valence-corrected chi connectivity index (χ4v) is 3.14. The van der Waals surface area contributed by atoms with Gasteiger partial charge in [0.1, 0.15) is 5.82 Å². The Morgan fingerprint density at radius 1 is 0.889 bits per heavy atom. The topological polar surface area (TPSA) is 50.1 Å². The van der Waals surface area contributed by atoms with E-state index in [1.54, 1.807) is 16.8 Å². The molecule has 0 saturated carbocycles. The van der Waals surface area contributed by atoms with Gasteiger partial charge in [-0.25, -0.2) is 4.39 Å². The number of rotatable bonds is 4. The van der Waals surface area contributed by atoms with Crippen molar-refractivity contribution < 1.29 is 4.39 Å². The first-order valence-electron chi connectivity index (χ1n) is 8.66. The van der Waals surface area contributed by atoms with Gasteiger partial charge in [-0.1, -0.05) is 11.6 Å². The normalized spacial score (nSPS) is 14.9. The maximum atomic E-state index is 13.1. The monoisotopic (exact) mass is 384 g/mol. The molecule has 3 aromatic rings.